The minimum absolute atomic E-state index is 0.0759. The second kappa shape index (κ2) is 12.7. The van der Waals surface area contributed by atoms with E-state index in [1.165, 1.54) is 7.11 Å². The van der Waals surface area contributed by atoms with E-state index in [4.69, 9.17) is 23.7 Å². The molecule has 34 heavy (non-hydrogen) atoms. The molecule has 5 atom stereocenters. The van der Waals surface area contributed by atoms with Gasteiger partial charge in [0.2, 0.25) is 0 Å². The molecule has 6 heteroatoms. The van der Waals surface area contributed by atoms with Crippen molar-refractivity contribution in [2.75, 3.05) is 13.7 Å². The summed E-state index contributed by atoms with van der Waals surface area (Å²) in [5.74, 6) is 0. The third-order valence-corrected chi connectivity index (χ3v) is 5.77. The lowest BCUT2D eigenvalue weighted by Gasteiger charge is -2.42. The fourth-order valence-electron chi connectivity index (χ4n) is 3.95. The summed E-state index contributed by atoms with van der Waals surface area (Å²) in [5.41, 5.74) is 2.94. The molecule has 1 fully saturated rings. The first-order chi connectivity index (χ1) is 16.7. The van der Waals surface area contributed by atoms with Crippen LogP contribution < -0.4 is 0 Å². The van der Waals surface area contributed by atoms with Crippen molar-refractivity contribution in [1.82, 2.24) is 0 Å². The topological polar surface area (TPSA) is 46.2 Å². The number of hydrogen-bond acceptors (Lipinski definition) is 5. The Morgan fingerprint density at radius 1 is 0.676 bits per heavy atom. The van der Waals surface area contributed by atoms with E-state index in [2.05, 4.69) is 0 Å². The second-order valence-corrected chi connectivity index (χ2v) is 8.25. The van der Waals surface area contributed by atoms with Crippen LogP contribution in [0.2, 0.25) is 0 Å². The number of rotatable bonds is 11. The van der Waals surface area contributed by atoms with Crippen molar-refractivity contribution in [3.8, 4) is 0 Å². The van der Waals surface area contributed by atoms with Crippen molar-refractivity contribution in [1.29, 1.82) is 0 Å². The van der Waals surface area contributed by atoms with E-state index in [0.717, 1.165) is 16.7 Å². The highest BCUT2D eigenvalue weighted by Crippen LogP contribution is 2.30. The number of hydrogen-bond donors (Lipinski definition) is 0. The summed E-state index contributed by atoms with van der Waals surface area (Å²) in [6.45, 7) is 0.994. The number of ether oxygens (including phenoxy) is 5. The quantitative estimate of drug-likeness (QED) is 0.394. The van der Waals surface area contributed by atoms with Crippen LogP contribution in [0.4, 0.5) is 4.39 Å². The predicted octanol–water partition coefficient (Wildman–Crippen LogP) is 5.08. The van der Waals surface area contributed by atoms with Crippen molar-refractivity contribution < 1.29 is 28.1 Å². The molecule has 1 unspecified atom stereocenters. The molecule has 1 aliphatic heterocycles. The summed E-state index contributed by atoms with van der Waals surface area (Å²) in [7, 11) is 1.53. The minimum atomic E-state index is -1.45. The molecule has 0 aromatic heterocycles. The van der Waals surface area contributed by atoms with Gasteiger partial charge < -0.3 is 23.7 Å². The molecule has 0 radical (unpaired) electrons. The summed E-state index contributed by atoms with van der Waals surface area (Å²) in [4.78, 5) is 0. The highest BCUT2D eigenvalue weighted by Gasteiger charge is 2.48. The van der Waals surface area contributed by atoms with E-state index in [1.807, 2.05) is 91.0 Å². The maximum absolute atomic E-state index is 15.8. The van der Waals surface area contributed by atoms with Crippen LogP contribution >= 0.6 is 0 Å². The summed E-state index contributed by atoms with van der Waals surface area (Å²) in [6, 6.07) is 29.2. The van der Waals surface area contributed by atoms with Gasteiger partial charge >= 0.3 is 0 Å². The predicted molar refractivity (Wildman–Crippen MR) is 127 cm³/mol. The molecule has 4 rings (SSSR count). The molecular formula is C28H31FO5. The second-order valence-electron chi connectivity index (χ2n) is 8.25. The zero-order valence-corrected chi connectivity index (χ0v) is 19.3. The molecule has 1 saturated heterocycles. The summed E-state index contributed by atoms with van der Waals surface area (Å²) in [5, 5.41) is 0. The van der Waals surface area contributed by atoms with Crippen LogP contribution in [-0.4, -0.2) is 44.5 Å². The Bertz CT molecular complexity index is 956. The van der Waals surface area contributed by atoms with Crippen molar-refractivity contribution in [2.24, 2.45) is 0 Å². The van der Waals surface area contributed by atoms with Gasteiger partial charge in [-0.25, -0.2) is 4.39 Å². The average molecular weight is 467 g/mol. The van der Waals surface area contributed by atoms with Gasteiger partial charge in [0, 0.05) is 7.11 Å². The summed E-state index contributed by atoms with van der Waals surface area (Å²) < 4.78 is 45.3. The normalized spacial score (nSPS) is 24.7. The standard InChI is InChI=1S/C28H31FO5/c1-30-28-27(33-19-23-15-9-4-10-16-23)26(32-18-22-13-7-3-8-14-22)25(29)24(34-28)20-31-17-21-11-5-2-6-12-21/h2-16,24-28H,17-20H2,1H3/t24-,25-,26+,27-,28?/m1/s1. The highest BCUT2D eigenvalue weighted by atomic mass is 19.1. The van der Waals surface area contributed by atoms with Gasteiger partial charge in [0.1, 0.15) is 18.3 Å². The number of methoxy groups -OCH3 is 1. The van der Waals surface area contributed by atoms with E-state index in [0.29, 0.717) is 13.2 Å². The van der Waals surface area contributed by atoms with Crippen LogP contribution in [0.3, 0.4) is 0 Å². The van der Waals surface area contributed by atoms with Crippen molar-refractivity contribution >= 4 is 0 Å². The van der Waals surface area contributed by atoms with E-state index >= 15 is 4.39 Å². The van der Waals surface area contributed by atoms with E-state index in [-0.39, 0.29) is 13.2 Å². The fraction of sp³-hybridized carbons (Fsp3) is 0.357. The SMILES string of the molecule is COC1O[C@H](COCc2ccccc2)[C@@H](F)[C@H](OCc2ccccc2)[C@H]1OCc1ccccc1. The van der Waals surface area contributed by atoms with E-state index < -0.39 is 30.8 Å². The molecule has 0 aliphatic carbocycles. The van der Waals surface area contributed by atoms with E-state index in [9.17, 15) is 0 Å². The lowest BCUT2D eigenvalue weighted by Crippen LogP contribution is -2.59. The van der Waals surface area contributed by atoms with Gasteiger partial charge in [-0.3, -0.25) is 0 Å². The Hall–Kier alpha value is -2.61. The molecule has 0 N–H and O–H groups in total. The van der Waals surface area contributed by atoms with Gasteiger partial charge in [0.25, 0.3) is 0 Å². The number of benzene rings is 3. The van der Waals surface area contributed by atoms with Gasteiger partial charge in [0.05, 0.1) is 26.4 Å². The van der Waals surface area contributed by atoms with Crippen LogP contribution in [0.25, 0.3) is 0 Å². The molecule has 3 aromatic carbocycles. The largest absolute Gasteiger partial charge is 0.374 e. The van der Waals surface area contributed by atoms with Crippen molar-refractivity contribution in [2.45, 2.75) is 50.6 Å². The van der Waals surface area contributed by atoms with Gasteiger partial charge in [-0.1, -0.05) is 91.0 Å². The summed E-state index contributed by atoms with van der Waals surface area (Å²) in [6.07, 6.45) is -4.71. The molecule has 0 amide bonds. The van der Waals surface area contributed by atoms with Crippen molar-refractivity contribution in [3.63, 3.8) is 0 Å². The maximum atomic E-state index is 15.8. The van der Waals surface area contributed by atoms with Gasteiger partial charge in [-0.15, -0.1) is 0 Å². The monoisotopic (exact) mass is 466 g/mol. The van der Waals surface area contributed by atoms with Crippen LogP contribution in [0, 0.1) is 0 Å². The van der Waals surface area contributed by atoms with E-state index in [1.54, 1.807) is 0 Å². The lowest BCUT2D eigenvalue weighted by molar-refractivity contribution is -0.306. The first-order valence-electron chi connectivity index (χ1n) is 11.5. The first-order valence-corrected chi connectivity index (χ1v) is 11.5. The van der Waals surface area contributed by atoms with Gasteiger partial charge in [0.15, 0.2) is 12.5 Å². The molecule has 5 nitrogen and oxygen atoms in total. The third-order valence-electron chi connectivity index (χ3n) is 5.77. The Labute approximate surface area is 200 Å². The molecule has 0 spiro atoms. The van der Waals surface area contributed by atoms with Crippen LogP contribution in [0.1, 0.15) is 16.7 Å². The first kappa shape index (κ1) is 24.5. The number of alkyl halides is 1. The summed E-state index contributed by atoms with van der Waals surface area (Å²) >= 11 is 0. The molecule has 3 aromatic rings. The highest BCUT2D eigenvalue weighted by molar-refractivity contribution is 5.15. The molecular weight excluding hydrogens is 435 g/mol. The molecule has 0 bridgehead atoms. The van der Waals surface area contributed by atoms with Crippen LogP contribution in [0.5, 0.6) is 0 Å². The molecule has 1 heterocycles. The van der Waals surface area contributed by atoms with Crippen LogP contribution in [0.15, 0.2) is 91.0 Å². The molecule has 1 aliphatic rings. The zero-order chi connectivity index (χ0) is 23.6. The van der Waals surface area contributed by atoms with Gasteiger partial charge in [-0.2, -0.15) is 0 Å². The fourth-order valence-corrected chi connectivity index (χ4v) is 3.95. The molecule has 180 valence electrons. The smallest absolute Gasteiger partial charge is 0.186 e. The Morgan fingerprint density at radius 3 is 1.65 bits per heavy atom. The maximum Gasteiger partial charge on any atom is 0.186 e. The Kier molecular flexibility index (Phi) is 9.19. The molecule has 0 saturated carbocycles. The van der Waals surface area contributed by atoms with Crippen molar-refractivity contribution in [3.05, 3.63) is 108 Å². The lowest BCUT2D eigenvalue weighted by atomic mass is 9.99. The minimum Gasteiger partial charge on any atom is -0.374 e. The Morgan fingerprint density at radius 2 is 1.15 bits per heavy atom. The third kappa shape index (κ3) is 6.72. The average Bonchev–Trinajstić information content (AvgIpc) is 2.89. The van der Waals surface area contributed by atoms with Gasteiger partial charge in [-0.05, 0) is 16.7 Å². The van der Waals surface area contributed by atoms with Crippen LogP contribution in [-0.2, 0) is 43.5 Å². The number of halogens is 1. The zero-order valence-electron chi connectivity index (χ0n) is 19.3. The Balaban J connectivity index is 1.44.